The molecular formula is C10H13N3O6. The van der Waals surface area contributed by atoms with Crippen molar-refractivity contribution in [2.45, 2.75) is 31.5 Å². The van der Waals surface area contributed by atoms with Crippen molar-refractivity contribution in [1.82, 2.24) is 9.55 Å². The highest BCUT2D eigenvalue weighted by Crippen LogP contribution is 2.29. The van der Waals surface area contributed by atoms with Crippen LogP contribution >= 0.6 is 0 Å². The number of aliphatic hydroxyl groups excluding tert-OH is 1. The summed E-state index contributed by atoms with van der Waals surface area (Å²) in [5.41, 5.74) is 1.16. The lowest BCUT2D eigenvalue weighted by Gasteiger charge is -2.18. The summed E-state index contributed by atoms with van der Waals surface area (Å²) in [4.78, 5) is 25.3. The first-order valence-electron chi connectivity index (χ1n) is 5.57. The molecule has 19 heavy (non-hydrogen) atoms. The van der Waals surface area contributed by atoms with Crippen LogP contribution in [0.15, 0.2) is 17.1 Å². The number of carbonyl (C=O) groups is 1. The minimum Gasteiger partial charge on any atom is -0.435 e. The van der Waals surface area contributed by atoms with E-state index in [9.17, 15) is 14.7 Å². The fraction of sp³-hybridized carbons (Fsp3) is 0.500. The number of hydrogen-bond donors (Lipinski definition) is 3. The first kappa shape index (κ1) is 13.5. The maximum Gasteiger partial charge on any atom is 0.351 e. The van der Waals surface area contributed by atoms with Gasteiger partial charge in [0.15, 0.2) is 5.82 Å². The first-order chi connectivity index (χ1) is 9.15. The van der Waals surface area contributed by atoms with Crippen LogP contribution in [0.25, 0.3) is 0 Å². The number of ether oxygens (including phenoxy) is 2. The molecule has 3 atom stereocenters. The Labute approximate surface area is 107 Å². The third-order valence-electron chi connectivity index (χ3n) is 2.80. The Hall–Kier alpha value is -1.97. The lowest BCUT2D eigenvalue weighted by molar-refractivity contribution is -0.182. The molecular weight excluding hydrogens is 258 g/mol. The number of carbonyl (C=O) groups excluding carboxylic acids is 1. The normalized spacial score (nSPS) is 23.9. The summed E-state index contributed by atoms with van der Waals surface area (Å²) in [7, 11) is 0. The third kappa shape index (κ3) is 2.89. The van der Waals surface area contributed by atoms with Crippen molar-refractivity contribution in [2.75, 3.05) is 5.48 Å². The van der Waals surface area contributed by atoms with Gasteiger partial charge in [0.05, 0.1) is 0 Å². The van der Waals surface area contributed by atoms with Gasteiger partial charge in [-0.25, -0.2) is 4.79 Å². The van der Waals surface area contributed by atoms with Crippen LogP contribution in [0.4, 0.5) is 5.82 Å². The standard InChI is InChI=1S/C10H13N3O6/c14-5-18-9(15)6-1-2-8(19-6)13-4-3-7(12-17)11-10(13)16/h3-6,8-9,15,17H,1-2H2,(H,11,12,16). The van der Waals surface area contributed by atoms with Crippen LogP contribution in [-0.2, 0) is 14.3 Å². The second-order valence-electron chi connectivity index (χ2n) is 3.94. The molecule has 0 aromatic carbocycles. The Balaban J connectivity index is 2.08. The molecule has 0 bridgehead atoms. The average Bonchev–Trinajstić information content (AvgIpc) is 2.88. The minimum atomic E-state index is -1.36. The predicted molar refractivity (Wildman–Crippen MR) is 60.2 cm³/mol. The zero-order valence-corrected chi connectivity index (χ0v) is 9.80. The second kappa shape index (κ2) is 5.78. The van der Waals surface area contributed by atoms with Crippen LogP contribution in [0.2, 0.25) is 0 Å². The summed E-state index contributed by atoms with van der Waals surface area (Å²) < 4.78 is 11.0. The quantitative estimate of drug-likeness (QED) is 0.362. The van der Waals surface area contributed by atoms with Crippen molar-refractivity contribution in [3.05, 3.63) is 22.7 Å². The molecule has 9 heteroatoms. The SMILES string of the molecule is O=COC(O)C1CCC(n2ccc(NO)nc2=O)O1. The highest BCUT2D eigenvalue weighted by Gasteiger charge is 2.33. The number of aliphatic hydroxyl groups is 1. The van der Waals surface area contributed by atoms with Gasteiger partial charge in [-0.05, 0) is 18.9 Å². The zero-order valence-electron chi connectivity index (χ0n) is 9.80. The van der Waals surface area contributed by atoms with Crippen molar-refractivity contribution in [1.29, 1.82) is 0 Å². The van der Waals surface area contributed by atoms with Crippen LogP contribution in [0.3, 0.4) is 0 Å². The summed E-state index contributed by atoms with van der Waals surface area (Å²) >= 11 is 0. The molecule has 0 radical (unpaired) electrons. The van der Waals surface area contributed by atoms with Crippen molar-refractivity contribution < 1.29 is 24.6 Å². The lowest BCUT2D eigenvalue weighted by atomic mass is 10.2. The summed E-state index contributed by atoms with van der Waals surface area (Å²) in [6.45, 7) is 0.136. The summed E-state index contributed by atoms with van der Waals surface area (Å²) in [5.74, 6) is 0.0279. The van der Waals surface area contributed by atoms with E-state index in [-0.39, 0.29) is 12.3 Å². The van der Waals surface area contributed by atoms with Gasteiger partial charge in [-0.15, -0.1) is 0 Å². The van der Waals surface area contributed by atoms with Gasteiger partial charge >= 0.3 is 5.69 Å². The van der Waals surface area contributed by atoms with E-state index in [1.54, 1.807) is 5.48 Å². The Morgan fingerprint density at radius 3 is 3.05 bits per heavy atom. The predicted octanol–water partition coefficient (Wildman–Crippen LogP) is -0.787. The van der Waals surface area contributed by atoms with Crippen LogP contribution in [0.1, 0.15) is 19.1 Å². The van der Waals surface area contributed by atoms with E-state index in [4.69, 9.17) is 9.94 Å². The van der Waals surface area contributed by atoms with Crippen molar-refractivity contribution >= 4 is 12.3 Å². The molecule has 0 amide bonds. The van der Waals surface area contributed by atoms with Crippen LogP contribution in [0.5, 0.6) is 0 Å². The molecule has 0 spiro atoms. The Kier molecular flexibility index (Phi) is 4.10. The van der Waals surface area contributed by atoms with E-state index < -0.39 is 24.3 Å². The summed E-state index contributed by atoms with van der Waals surface area (Å²) in [6.07, 6.45) is -0.317. The molecule has 1 fully saturated rings. The molecule has 104 valence electrons. The third-order valence-corrected chi connectivity index (χ3v) is 2.80. The van der Waals surface area contributed by atoms with E-state index in [1.807, 2.05) is 0 Å². The number of rotatable bonds is 5. The summed E-state index contributed by atoms with van der Waals surface area (Å²) in [6, 6.07) is 1.40. The maximum atomic E-state index is 11.7. The molecule has 1 saturated heterocycles. The molecule has 2 rings (SSSR count). The van der Waals surface area contributed by atoms with Crippen LogP contribution in [-0.4, -0.2) is 38.7 Å². The molecule has 9 nitrogen and oxygen atoms in total. The average molecular weight is 271 g/mol. The molecule has 1 aromatic heterocycles. The van der Waals surface area contributed by atoms with Gasteiger partial charge in [0.25, 0.3) is 6.47 Å². The minimum absolute atomic E-state index is 0.0279. The number of nitrogens with zero attached hydrogens (tertiary/aromatic N) is 2. The smallest absolute Gasteiger partial charge is 0.351 e. The monoisotopic (exact) mass is 271 g/mol. The highest BCUT2D eigenvalue weighted by atomic mass is 16.7. The molecule has 2 heterocycles. The van der Waals surface area contributed by atoms with E-state index in [2.05, 4.69) is 9.72 Å². The highest BCUT2D eigenvalue weighted by molar-refractivity contribution is 5.37. The molecule has 3 unspecified atom stereocenters. The Morgan fingerprint density at radius 2 is 2.42 bits per heavy atom. The Bertz CT molecular complexity index is 504. The lowest BCUT2D eigenvalue weighted by Crippen LogP contribution is -2.31. The number of hydrogen-bond acceptors (Lipinski definition) is 8. The molecule has 1 aliphatic rings. The van der Waals surface area contributed by atoms with Gasteiger partial charge in [0, 0.05) is 6.20 Å². The Morgan fingerprint density at radius 1 is 1.63 bits per heavy atom. The van der Waals surface area contributed by atoms with E-state index in [1.165, 1.54) is 16.8 Å². The number of aromatic nitrogens is 2. The largest absolute Gasteiger partial charge is 0.435 e. The van der Waals surface area contributed by atoms with Crippen LogP contribution < -0.4 is 11.2 Å². The first-order valence-corrected chi connectivity index (χ1v) is 5.57. The van der Waals surface area contributed by atoms with Gasteiger partial charge in [0.2, 0.25) is 6.29 Å². The van der Waals surface area contributed by atoms with Crippen molar-refractivity contribution in [2.24, 2.45) is 0 Å². The van der Waals surface area contributed by atoms with Crippen LogP contribution in [0, 0.1) is 0 Å². The van der Waals surface area contributed by atoms with E-state index in [0.29, 0.717) is 12.8 Å². The molecule has 3 N–H and O–H groups in total. The van der Waals surface area contributed by atoms with E-state index >= 15 is 0 Å². The summed E-state index contributed by atoms with van der Waals surface area (Å²) in [5, 5.41) is 18.1. The van der Waals surface area contributed by atoms with Gasteiger partial charge in [-0.3, -0.25) is 20.0 Å². The van der Waals surface area contributed by atoms with Gasteiger partial charge in [0.1, 0.15) is 12.3 Å². The van der Waals surface area contributed by atoms with Crippen molar-refractivity contribution in [3.63, 3.8) is 0 Å². The molecule has 0 aliphatic carbocycles. The number of nitrogens with one attached hydrogen (secondary N) is 1. The fourth-order valence-electron chi connectivity index (χ4n) is 1.90. The topological polar surface area (TPSA) is 123 Å². The molecule has 1 aromatic rings. The van der Waals surface area contributed by atoms with Crippen molar-refractivity contribution in [3.8, 4) is 0 Å². The maximum absolute atomic E-state index is 11.7. The molecule has 1 aliphatic heterocycles. The molecule has 0 saturated carbocycles. The van der Waals surface area contributed by atoms with Gasteiger partial charge < -0.3 is 14.6 Å². The van der Waals surface area contributed by atoms with E-state index in [0.717, 1.165) is 0 Å². The zero-order chi connectivity index (χ0) is 13.8. The second-order valence-corrected chi connectivity index (χ2v) is 3.94. The van der Waals surface area contributed by atoms with Gasteiger partial charge in [-0.1, -0.05) is 0 Å². The number of anilines is 1. The fourth-order valence-corrected chi connectivity index (χ4v) is 1.90. The van der Waals surface area contributed by atoms with Gasteiger partial charge in [-0.2, -0.15) is 4.98 Å².